The van der Waals surface area contributed by atoms with Gasteiger partial charge in [0.25, 0.3) is 0 Å². The van der Waals surface area contributed by atoms with Crippen molar-refractivity contribution in [2.45, 2.75) is 6.42 Å². The molecular formula is C14H17N3O3. The second-order valence-electron chi connectivity index (χ2n) is 4.74. The maximum absolute atomic E-state index is 11.0. The molecule has 1 saturated heterocycles. The van der Waals surface area contributed by atoms with Crippen molar-refractivity contribution in [3.05, 3.63) is 23.8 Å². The minimum Gasteiger partial charge on any atom is -0.507 e. The Morgan fingerprint density at radius 2 is 2.00 bits per heavy atom. The Morgan fingerprint density at radius 1 is 1.30 bits per heavy atom. The van der Waals surface area contributed by atoms with Gasteiger partial charge in [-0.1, -0.05) is 0 Å². The average Bonchev–Trinajstić information content (AvgIpc) is 2.46. The Hall–Kier alpha value is -2.26. The molecule has 1 heterocycles. The molecule has 106 valence electrons. The first-order chi connectivity index (χ1) is 9.61. The number of phenols is 1. The molecule has 0 bridgehead atoms. The van der Waals surface area contributed by atoms with Gasteiger partial charge in [0.1, 0.15) is 11.3 Å². The van der Waals surface area contributed by atoms with Gasteiger partial charge in [-0.2, -0.15) is 5.26 Å². The fourth-order valence-corrected chi connectivity index (χ4v) is 2.33. The van der Waals surface area contributed by atoms with E-state index < -0.39 is 5.97 Å². The molecule has 1 aliphatic heterocycles. The highest BCUT2D eigenvalue weighted by atomic mass is 16.4. The van der Waals surface area contributed by atoms with Gasteiger partial charge >= 0.3 is 5.97 Å². The van der Waals surface area contributed by atoms with Crippen molar-refractivity contribution in [1.82, 2.24) is 4.90 Å². The number of nitriles is 1. The van der Waals surface area contributed by atoms with Crippen LogP contribution in [0.15, 0.2) is 18.2 Å². The van der Waals surface area contributed by atoms with Gasteiger partial charge in [-0.3, -0.25) is 4.90 Å². The number of carboxylic acids is 1. The van der Waals surface area contributed by atoms with Crippen LogP contribution in [0.5, 0.6) is 5.75 Å². The van der Waals surface area contributed by atoms with Crippen molar-refractivity contribution >= 4 is 11.7 Å². The number of aromatic carboxylic acids is 1. The standard InChI is InChI=1S/C14H17N3O3/c15-4-1-5-16-6-8-17(9-7-16)11-2-3-13(18)12(10-11)14(19)20/h2-3,10,18H,1,5-9H2,(H,19,20). The van der Waals surface area contributed by atoms with E-state index in [1.165, 1.54) is 12.1 Å². The van der Waals surface area contributed by atoms with E-state index in [1.807, 2.05) is 0 Å². The van der Waals surface area contributed by atoms with E-state index in [2.05, 4.69) is 15.9 Å². The van der Waals surface area contributed by atoms with Crippen molar-refractivity contribution in [3.8, 4) is 11.8 Å². The smallest absolute Gasteiger partial charge is 0.339 e. The van der Waals surface area contributed by atoms with Crippen LogP contribution in [0, 0.1) is 11.3 Å². The van der Waals surface area contributed by atoms with Crippen LogP contribution < -0.4 is 4.90 Å². The Kier molecular flexibility index (Phi) is 4.43. The number of piperazine rings is 1. The molecule has 0 aromatic heterocycles. The second kappa shape index (κ2) is 6.26. The van der Waals surface area contributed by atoms with Gasteiger partial charge in [-0.05, 0) is 18.2 Å². The number of benzene rings is 1. The number of rotatable bonds is 4. The number of aromatic hydroxyl groups is 1. The van der Waals surface area contributed by atoms with Gasteiger partial charge in [-0.15, -0.1) is 0 Å². The fraction of sp³-hybridized carbons (Fsp3) is 0.429. The first-order valence-corrected chi connectivity index (χ1v) is 6.52. The Morgan fingerprint density at radius 3 is 2.60 bits per heavy atom. The van der Waals surface area contributed by atoms with E-state index in [-0.39, 0.29) is 11.3 Å². The Balaban J connectivity index is 2.02. The molecule has 6 heteroatoms. The lowest BCUT2D eigenvalue weighted by atomic mass is 10.1. The van der Waals surface area contributed by atoms with E-state index in [0.29, 0.717) is 6.42 Å². The maximum atomic E-state index is 11.0. The van der Waals surface area contributed by atoms with Crippen molar-refractivity contribution in [1.29, 1.82) is 5.26 Å². The lowest BCUT2D eigenvalue weighted by Crippen LogP contribution is -2.46. The van der Waals surface area contributed by atoms with E-state index in [4.69, 9.17) is 10.4 Å². The van der Waals surface area contributed by atoms with Crippen LogP contribution in [0.25, 0.3) is 0 Å². The third-order valence-corrected chi connectivity index (χ3v) is 3.49. The molecule has 20 heavy (non-hydrogen) atoms. The molecule has 0 unspecified atom stereocenters. The van der Waals surface area contributed by atoms with Crippen LogP contribution in [-0.4, -0.2) is 53.8 Å². The number of nitrogens with zero attached hydrogens (tertiary/aromatic N) is 3. The van der Waals surface area contributed by atoms with Gasteiger partial charge in [-0.25, -0.2) is 4.79 Å². The van der Waals surface area contributed by atoms with Crippen LogP contribution in [-0.2, 0) is 0 Å². The zero-order valence-corrected chi connectivity index (χ0v) is 11.1. The third-order valence-electron chi connectivity index (χ3n) is 3.49. The summed E-state index contributed by atoms with van der Waals surface area (Å²) in [6, 6.07) is 6.78. The van der Waals surface area contributed by atoms with E-state index in [0.717, 1.165) is 38.4 Å². The number of carbonyl (C=O) groups is 1. The molecular weight excluding hydrogens is 258 g/mol. The number of hydrogen-bond acceptors (Lipinski definition) is 5. The third kappa shape index (κ3) is 3.19. The van der Waals surface area contributed by atoms with Crippen LogP contribution in [0.2, 0.25) is 0 Å². The molecule has 1 aromatic rings. The summed E-state index contributed by atoms with van der Waals surface area (Å²) in [4.78, 5) is 15.3. The number of anilines is 1. The van der Waals surface area contributed by atoms with Crippen LogP contribution >= 0.6 is 0 Å². The average molecular weight is 275 g/mol. The Bertz CT molecular complexity index is 531. The van der Waals surface area contributed by atoms with Crippen LogP contribution in [0.1, 0.15) is 16.8 Å². The summed E-state index contributed by atoms with van der Waals surface area (Å²) in [5, 5.41) is 27.1. The zero-order valence-electron chi connectivity index (χ0n) is 11.1. The number of hydrogen-bond donors (Lipinski definition) is 2. The molecule has 1 aliphatic rings. The number of carboxylic acid groups (broad SMARTS) is 1. The van der Waals surface area contributed by atoms with Gasteiger partial charge in [0, 0.05) is 44.8 Å². The fourth-order valence-electron chi connectivity index (χ4n) is 2.33. The lowest BCUT2D eigenvalue weighted by Gasteiger charge is -2.35. The molecule has 0 radical (unpaired) electrons. The Labute approximate surface area is 117 Å². The largest absolute Gasteiger partial charge is 0.507 e. The molecule has 0 saturated carbocycles. The van der Waals surface area contributed by atoms with Crippen molar-refractivity contribution in [3.63, 3.8) is 0 Å². The quantitative estimate of drug-likeness (QED) is 0.856. The van der Waals surface area contributed by atoms with Crippen molar-refractivity contribution in [2.24, 2.45) is 0 Å². The summed E-state index contributed by atoms with van der Waals surface area (Å²) in [5.74, 6) is -1.34. The van der Waals surface area contributed by atoms with Crippen LogP contribution in [0.3, 0.4) is 0 Å². The minimum atomic E-state index is -1.13. The van der Waals surface area contributed by atoms with Gasteiger partial charge in [0.15, 0.2) is 0 Å². The maximum Gasteiger partial charge on any atom is 0.339 e. The molecule has 0 amide bonds. The normalized spacial score (nSPS) is 15.8. The topological polar surface area (TPSA) is 87.8 Å². The van der Waals surface area contributed by atoms with E-state index in [9.17, 15) is 9.90 Å². The van der Waals surface area contributed by atoms with Crippen molar-refractivity contribution in [2.75, 3.05) is 37.6 Å². The summed E-state index contributed by atoms with van der Waals surface area (Å²) in [6.07, 6.45) is 0.530. The summed E-state index contributed by atoms with van der Waals surface area (Å²) in [7, 11) is 0. The van der Waals surface area contributed by atoms with Gasteiger partial charge < -0.3 is 15.1 Å². The predicted molar refractivity (Wildman–Crippen MR) is 73.9 cm³/mol. The minimum absolute atomic E-state index is 0.0746. The predicted octanol–water partition coefficient (Wildman–Crippen LogP) is 1.13. The first kappa shape index (κ1) is 14.2. The highest BCUT2D eigenvalue weighted by Gasteiger charge is 2.19. The van der Waals surface area contributed by atoms with Gasteiger partial charge in [0.05, 0.1) is 6.07 Å². The lowest BCUT2D eigenvalue weighted by molar-refractivity contribution is 0.0694. The van der Waals surface area contributed by atoms with Crippen LogP contribution in [0.4, 0.5) is 5.69 Å². The molecule has 1 aromatic carbocycles. The highest BCUT2D eigenvalue weighted by Crippen LogP contribution is 2.25. The molecule has 0 spiro atoms. The molecule has 6 nitrogen and oxygen atoms in total. The zero-order chi connectivity index (χ0) is 14.5. The molecule has 2 rings (SSSR count). The summed E-state index contributed by atoms with van der Waals surface area (Å²) in [6.45, 7) is 4.06. The summed E-state index contributed by atoms with van der Waals surface area (Å²) in [5.41, 5.74) is 0.731. The summed E-state index contributed by atoms with van der Waals surface area (Å²) >= 11 is 0. The second-order valence-corrected chi connectivity index (χ2v) is 4.74. The SMILES string of the molecule is N#CCCN1CCN(c2ccc(O)c(C(=O)O)c2)CC1. The van der Waals surface area contributed by atoms with Gasteiger partial charge in [0.2, 0.25) is 0 Å². The van der Waals surface area contributed by atoms with Crippen molar-refractivity contribution < 1.29 is 15.0 Å². The molecule has 2 N–H and O–H groups in total. The molecule has 1 fully saturated rings. The molecule has 0 atom stereocenters. The summed E-state index contributed by atoms with van der Waals surface area (Å²) < 4.78 is 0. The monoisotopic (exact) mass is 275 g/mol. The molecule has 0 aliphatic carbocycles. The van der Waals surface area contributed by atoms with E-state index in [1.54, 1.807) is 6.07 Å². The highest BCUT2D eigenvalue weighted by molar-refractivity contribution is 5.92. The van der Waals surface area contributed by atoms with E-state index >= 15 is 0 Å². The first-order valence-electron chi connectivity index (χ1n) is 6.52.